The van der Waals surface area contributed by atoms with Gasteiger partial charge in [-0.25, -0.2) is 9.78 Å². The molecule has 3 aromatic rings. The summed E-state index contributed by atoms with van der Waals surface area (Å²) < 4.78 is 5.91. The van der Waals surface area contributed by atoms with E-state index in [1.165, 1.54) is 17.4 Å². The Labute approximate surface area is 185 Å². The molecule has 6 nitrogen and oxygen atoms in total. The zero-order chi connectivity index (χ0) is 21.8. The van der Waals surface area contributed by atoms with Crippen molar-refractivity contribution in [2.45, 2.75) is 13.3 Å². The van der Waals surface area contributed by atoms with E-state index >= 15 is 0 Å². The fraction of sp³-hybridized carbons (Fsp3) is 0.292. The SMILES string of the molecule is CCc1ccc2nc(N3CCN(C(=O)/C=C/c4ccc(C(=O)OC)cc4)CC3)sc2c1. The van der Waals surface area contributed by atoms with E-state index in [1.54, 1.807) is 47.8 Å². The predicted molar refractivity (Wildman–Crippen MR) is 125 cm³/mol. The first kappa shape index (κ1) is 21.1. The maximum absolute atomic E-state index is 12.6. The van der Waals surface area contributed by atoms with Gasteiger partial charge in [-0.2, -0.15) is 0 Å². The van der Waals surface area contributed by atoms with Crippen molar-refractivity contribution in [3.63, 3.8) is 0 Å². The van der Waals surface area contributed by atoms with Gasteiger partial charge in [-0.15, -0.1) is 0 Å². The van der Waals surface area contributed by atoms with Crippen molar-refractivity contribution < 1.29 is 14.3 Å². The largest absolute Gasteiger partial charge is 0.465 e. The van der Waals surface area contributed by atoms with Crippen molar-refractivity contribution in [2.24, 2.45) is 0 Å². The average Bonchev–Trinajstić information content (AvgIpc) is 3.25. The number of fused-ring (bicyclic) bond motifs is 1. The van der Waals surface area contributed by atoms with Gasteiger partial charge in [-0.3, -0.25) is 4.79 Å². The summed E-state index contributed by atoms with van der Waals surface area (Å²) in [4.78, 5) is 33.0. The van der Waals surface area contributed by atoms with Gasteiger partial charge in [0.15, 0.2) is 5.13 Å². The molecule has 0 bridgehead atoms. The summed E-state index contributed by atoms with van der Waals surface area (Å²) >= 11 is 1.72. The van der Waals surface area contributed by atoms with E-state index < -0.39 is 0 Å². The number of carbonyl (C=O) groups is 2. The summed E-state index contributed by atoms with van der Waals surface area (Å²) in [5.41, 5.74) is 3.71. The number of ether oxygens (including phenoxy) is 1. The molecule has 1 aromatic heterocycles. The lowest BCUT2D eigenvalue weighted by molar-refractivity contribution is -0.126. The Balaban J connectivity index is 1.34. The number of amides is 1. The summed E-state index contributed by atoms with van der Waals surface area (Å²) in [6, 6.07) is 13.4. The molecule has 2 aromatic carbocycles. The highest BCUT2D eigenvalue weighted by atomic mass is 32.1. The number of esters is 1. The topological polar surface area (TPSA) is 62.7 Å². The van der Waals surface area contributed by atoms with E-state index in [0.717, 1.165) is 35.7 Å². The van der Waals surface area contributed by atoms with E-state index in [4.69, 9.17) is 9.72 Å². The second-order valence-electron chi connectivity index (χ2n) is 7.41. The number of methoxy groups -OCH3 is 1. The third-order valence-electron chi connectivity index (χ3n) is 5.46. The van der Waals surface area contributed by atoms with Crippen LogP contribution >= 0.6 is 11.3 Å². The van der Waals surface area contributed by atoms with Crippen LogP contribution < -0.4 is 4.90 Å². The zero-order valence-corrected chi connectivity index (χ0v) is 18.5. The number of piperazine rings is 1. The molecule has 1 saturated heterocycles. The highest BCUT2D eigenvalue weighted by Crippen LogP contribution is 2.30. The molecule has 0 N–H and O–H groups in total. The van der Waals surface area contributed by atoms with E-state index in [-0.39, 0.29) is 11.9 Å². The molecule has 1 amide bonds. The Morgan fingerprint density at radius 3 is 2.52 bits per heavy atom. The maximum Gasteiger partial charge on any atom is 0.337 e. The van der Waals surface area contributed by atoms with Crippen LogP contribution in [-0.2, 0) is 16.0 Å². The quantitative estimate of drug-likeness (QED) is 0.448. The molecule has 0 atom stereocenters. The lowest BCUT2D eigenvalue weighted by Crippen LogP contribution is -2.48. The number of benzene rings is 2. The molecule has 0 radical (unpaired) electrons. The molecule has 7 heteroatoms. The van der Waals surface area contributed by atoms with Crippen LogP contribution in [0, 0.1) is 0 Å². The van der Waals surface area contributed by atoms with Crippen molar-refractivity contribution in [1.29, 1.82) is 0 Å². The molecule has 1 aliphatic heterocycles. The Bertz CT molecular complexity index is 1110. The molecule has 160 valence electrons. The van der Waals surface area contributed by atoms with Crippen LogP contribution in [0.25, 0.3) is 16.3 Å². The van der Waals surface area contributed by atoms with Crippen LogP contribution in [0.5, 0.6) is 0 Å². The average molecular weight is 436 g/mol. The van der Waals surface area contributed by atoms with Crippen LogP contribution in [0.1, 0.15) is 28.4 Å². The minimum atomic E-state index is -0.372. The third kappa shape index (κ3) is 4.77. The van der Waals surface area contributed by atoms with Gasteiger partial charge in [0.1, 0.15) is 0 Å². The summed E-state index contributed by atoms with van der Waals surface area (Å²) in [6.45, 7) is 5.04. The van der Waals surface area contributed by atoms with Crippen LogP contribution in [0.2, 0.25) is 0 Å². The number of anilines is 1. The lowest BCUT2D eigenvalue weighted by atomic mass is 10.1. The fourth-order valence-electron chi connectivity index (χ4n) is 3.55. The number of hydrogen-bond acceptors (Lipinski definition) is 6. The van der Waals surface area contributed by atoms with Crippen LogP contribution in [0.3, 0.4) is 0 Å². The highest BCUT2D eigenvalue weighted by molar-refractivity contribution is 7.22. The molecule has 0 spiro atoms. The van der Waals surface area contributed by atoms with E-state index in [1.807, 2.05) is 4.90 Å². The van der Waals surface area contributed by atoms with Gasteiger partial charge in [0.25, 0.3) is 0 Å². The second-order valence-corrected chi connectivity index (χ2v) is 8.42. The van der Waals surface area contributed by atoms with Gasteiger partial charge >= 0.3 is 5.97 Å². The fourth-order valence-corrected chi connectivity index (χ4v) is 4.63. The summed E-state index contributed by atoms with van der Waals surface area (Å²) in [6.07, 6.45) is 4.38. The number of aryl methyl sites for hydroxylation is 1. The van der Waals surface area contributed by atoms with Gasteiger partial charge in [0, 0.05) is 32.3 Å². The van der Waals surface area contributed by atoms with Gasteiger partial charge in [0.2, 0.25) is 5.91 Å². The first-order valence-corrected chi connectivity index (χ1v) is 11.2. The monoisotopic (exact) mass is 435 g/mol. The van der Waals surface area contributed by atoms with Crippen molar-refractivity contribution in [3.05, 3.63) is 65.2 Å². The number of nitrogens with zero attached hydrogens (tertiary/aromatic N) is 3. The normalized spacial score (nSPS) is 14.4. The smallest absolute Gasteiger partial charge is 0.337 e. The van der Waals surface area contributed by atoms with Crippen molar-refractivity contribution >= 4 is 44.6 Å². The van der Waals surface area contributed by atoms with E-state index in [9.17, 15) is 9.59 Å². The molecule has 31 heavy (non-hydrogen) atoms. The number of thiazole rings is 1. The Morgan fingerprint density at radius 2 is 1.84 bits per heavy atom. The van der Waals surface area contributed by atoms with Crippen molar-refractivity contribution in [1.82, 2.24) is 9.88 Å². The van der Waals surface area contributed by atoms with Crippen molar-refractivity contribution in [2.75, 3.05) is 38.2 Å². The van der Waals surface area contributed by atoms with Crippen LogP contribution in [0.15, 0.2) is 48.5 Å². The Morgan fingerprint density at radius 1 is 1.10 bits per heavy atom. The van der Waals surface area contributed by atoms with Gasteiger partial charge in [-0.05, 0) is 47.9 Å². The molecule has 2 heterocycles. The molecule has 4 rings (SSSR count). The maximum atomic E-state index is 12.6. The van der Waals surface area contributed by atoms with Crippen LogP contribution in [-0.4, -0.2) is 55.0 Å². The summed E-state index contributed by atoms with van der Waals surface area (Å²) in [5.74, 6) is -0.378. The first-order valence-electron chi connectivity index (χ1n) is 10.4. The minimum Gasteiger partial charge on any atom is -0.465 e. The summed E-state index contributed by atoms with van der Waals surface area (Å²) in [5, 5.41) is 1.02. The molecule has 0 aliphatic carbocycles. The highest BCUT2D eigenvalue weighted by Gasteiger charge is 2.22. The molecule has 1 aliphatic rings. The van der Waals surface area contributed by atoms with Crippen molar-refractivity contribution in [3.8, 4) is 0 Å². The number of rotatable bonds is 5. The summed E-state index contributed by atoms with van der Waals surface area (Å²) in [7, 11) is 1.35. The van der Waals surface area contributed by atoms with Gasteiger partial charge < -0.3 is 14.5 Å². The Kier molecular flexibility index (Phi) is 6.32. The Hall–Kier alpha value is -3.19. The predicted octanol–water partition coefficient (Wildman–Crippen LogP) is 4.01. The molecule has 0 saturated carbocycles. The van der Waals surface area contributed by atoms with Crippen LogP contribution in [0.4, 0.5) is 5.13 Å². The van der Waals surface area contributed by atoms with Gasteiger partial charge in [-0.1, -0.05) is 36.5 Å². The standard InChI is InChI=1S/C24H25N3O3S/c1-3-17-6-10-20-21(16-17)31-24(25-20)27-14-12-26(13-15-27)22(28)11-7-18-4-8-19(9-5-18)23(29)30-2/h4-11,16H,3,12-15H2,1-2H3/b11-7+. The third-order valence-corrected chi connectivity index (χ3v) is 6.54. The lowest BCUT2D eigenvalue weighted by Gasteiger charge is -2.34. The zero-order valence-electron chi connectivity index (χ0n) is 17.7. The minimum absolute atomic E-state index is 0.00594. The number of carbonyl (C=O) groups excluding carboxylic acids is 2. The molecule has 0 unspecified atom stereocenters. The molecular weight excluding hydrogens is 410 g/mol. The first-order chi connectivity index (χ1) is 15.1. The number of hydrogen-bond donors (Lipinski definition) is 0. The molecule has 1 fully saturated rings. The molecular formula is C24H25N3O3S. The van der Waals surface area contributed by atoms with E-state index in [2.05, 4.69) is 30.0 Å². The van der Waals surface area contributed by atoms with E-state index in [0.29, 0.717) is 18.7 Å². The van der Waals surface area contributed by atoms with Gasteiger partial charge in [0.05, 0.1) is 22.9 Å². The second kappa shape index (κ2) is 9.31. The number of aromatic nitrogens is 1.